The topological polar surface area (TPSA) is 76.0 Å². The van der Waals surface area contributed by atoms with Crippen molar-refractivity contribution in [3.63, 3.8) is 0 Å². The second-order valence-corrected chi connectivity index (χ2v) is 4.11. The Labute approximate surface area is 134 Å². The van der Waals surface area contributed by atoms with Crippen LogP contribution in [0.3, 0.4) is 0 Å². The van der Waals surface area contributed by atoms with E-state index in [1.54, 1.807) is 14.0 Å². The third-order valence-corrected chi connectivity index (χ3v) is 0.530. The first-order valence-corrected chi connectivity index (χ1v) is 7.72. The number of ether oxygens (including phenoxy) is 2. The summed E-state index contributed by atoms with van der Waals surface area (Å²) in [7, 11) is 2.55. The van der Waals surface area contributed by atoms with Crippen molar-refractivity contribution in [2.24, 2.45) is 0 Å². The number of alkyl halides is 1. The maximum atomic E-state index is 9.18. The number of carbonyl (C=O) groups excluding carboxylic acids is 1. The van der Waals surface area contributed by atoms with Gasteiger partial charge in [0.1, 0.15) is 0 Å². The maximum absolute atomic E-state index is 9.18. The van der Waals surface area contributed by atoms with Crippen LogP contribution in [-0.4, -0.2) is 55.6 Å². The van der Waals surface area contributed by atoms with Gasteiger partial charge in [-0.3, -0.25) is 4.79 Å². The maximum Gasteiger partial charge on any atom is 0.293 e. The second kappa shape index (κ2) is 76.8. The lowest BCUT2D eigenvalue weighted by atomic mass is 10.6. The fourth-order valence-corrected chi connectivity index (χ4v) is 0.159. The number of hydrogen-bond donors (Lipinski definition) is 2. The van der Waals surface area contributed by atoms with Crippen LogP contribution in [0.15, 0.2) is 0 Å². The monoisotopic (exact) mass is 364 g/mol. The van der Waals surface area contributed by atoms with E-state index < -0.39 is 0 Å². The zero-order valence-corrected chi connectivity index (χ0v) is 16.4. The van der Waals surface area contributed by atoms with Crippen LogP contribution >= 0.6 is 15.9 Å². The number of aliphatic hydroxyl groups excluding tert-OH is 2. The van der Waals surface area contributed by atoms with E-state index in [0.29, 0.717) is 24.5 Å². The molecule has 0 bridgehead atoms. The molecule has 0 aliphatic rings. The van der Waals surface area contributed by atoms with Crippen molar-refractivity contribution in [3.05, 3.63) is 0 Å². The molecular formula is C14H37BrO5. The van der Waals surface area contributed by atoms with Gasteiger partial charge in [0.05, 0.1) is 19.8 Å². The second-order valence-electron chi connectivity index (χ2n) is 2.28. The molecule has 0 atom stereocenters. The van der Waals surface area contributed by atoms with Gasteiger partial charge in [0.25, 0.3) is 6.47 Å². The number of hydrogen-bond acceptors (Lipinski definition) is 5. The number of halogens is 1. The lowest BCUT2D eigenvalue weighted by Crippen LogP contribution is -1.91. The summed E-state index contributed by atoms with van der Waals surface area (Å²) in [5.41, 5.74) is 0. The SMILES string of the molecule is CC.CC.CC(C)Br.CCOC=O.CO.COCCO. The Morgan fingerprint density at radius 1 is 1.15 bits per heavy atom. The molecule has 0 radical (unpaired) electrons. The van der Waals surface area contributed by atoms with Gasteiger partial charge in [-0.05, 0) is 6.92 Å². The summed E-state index contributed by atoms with van der Waals surface area (Å²) < 4.78 is 8.59. The van der Waals surface area contributed by atoms with Crippen molar-refractivity contribution >= 4 is 22.4 Å². The Kier molecular flexibility index (Phi) is 141. The highest BCUT2D eigenvalue weighted by molar-refractivity contribution is 9.09. The lowest BCUT2D eigenvalue weighted by molar-refractivity contribution is -0.128. The molecule has 0 aromatic heterocycles. The Balaban J connectivity index is -0.0000000311. The summed E-state index contributed by atoms with van der Waals surface area (Å²) in [4.78, 5) is 9.83. The summed E-state index contributed by atoms with van der Waals surface area (Å²) in [5.74, 6) is 0. The highest BCUT2D eigenvalue weighted by Gasteiger charge is 1.71. The molecule has 0 aliphatic heterocycles. The van der Waals surface area contributed by atoms with Gasteiger partial charge in [0, 0.05) is 19.0 Å². The molecule has 0 amide bonds. The van der Waals surface area contributed by atoms with Gasteiger partial charge in [-0.1, -0.05) is 57.5 Å². The normalized spacial score (nSPS) is 6.45. The van der Waals surface area contributed by atoms with E-state index in [1.165, 1.54) is 0 Å². The molecule has 0 rings (SSSR count). The number of methoxy groups -OCH3 is 1. The third-order valence-electron chi connectivity index (χ3n) is 0.530. The first kappa shape index (κ1) is 36.8. The van der Waals surface area contributed by atoms with Crippen LogP contribution in [0, 0.1) is 0 Å². The first-order chi connectivity index (χ1) is 9.56. The Morgan fingerprint density at radius 2 is 1.45 bits per heavy atom. The van der Waals surface area contributed by atoms with Gasteiger partial charge in [-0.25, -0.2) is 0 Å². The standard InChI is InChI=1S/C3H7Br.C3H8O2.C3H6O2.2C2H6.CH4O/c1-3(2)4;1-5-3-2-4;1-2-5-3-4;3*1-2/h3H,1-2H3;4H,2-3H2,1H3;3H,2H2,1H3;2*1-2H3;2H,1H3. The molecular weight excluding hydrogens is 328 g/mol. The van der Waals surface area contributed by atoms with Gasteiger partial charge >= 0.3 is 0 Å². The smallest absolute Gasteiger partial charge is 0.293 e. The zero-order chi connectivity index (χ0) is 17.8. The average Bonchev–Trinajstić information content (AvgIpc) is 2.47. The fraction of sp³-hybridized carbons (Fsp3) is 0.929. The van der Waals surface area contributed by atoms with Crippen LogP contribution < -0.4 is 0 Å². The summed E-state index contributed by atoms with van der Waals surface area (Å²) in [6.45, 7) is 15.4. The number of carbonyl (C=O) groups is 1. The van der Waals surface area contributed by atoms with E-state index in [9.17, 15) is 4.79 Å². The molecule has 130 valence electrons. The van der Waals surface area contributed by atoms with Crippen molar-refractivity contribution in [1.29, 1.82) is 0 Å². The third kappa shape index (κ3) is 344. The predicted octanol–water partition coefficient (Wildman–Crippen LogP) is 3.26. The molecule has 0 saturated carbocycles. The van der Waals surface area contributed by atoms with E-state index in [0.717, 1.165) is 7.11 Å². The Bertz CT molecular complexity index is 88.9. The van der Waals surface area contributed by atoms with Gasteiger partial charge < -0.3 is 19.7 Å². The molecule has 0 unspecified atom stereocenters. The van der Waals surface area contributed by atoms with Gasteiger partial charge in [0.15, 0.2) is 0 Å². The zero-order valence-electron chi connectivity index (χ0n) is 14.8. The minimum absolute atomic E-state index is 0.122. The van der Waals surface area contributed by atoms with E-state index in [4.69, 9.17) is 10.2 Å². The van der Waals surface area contributed by atoms with Crippen molar-refractivity contribution in [3.8, 4) is 0 Å². The number of aliphatic hydroxyl groups is 2. The number of rotatable bonds is 4. The Hall–Kier alpha value is -0.170. The van der Waals surface area contributed by atoms with Crippen LogP contribution in [0.1, 0.15) is 48.5 Å². The van der Waals surface area contributed by atoms with Crippen LogP contribution in [0.4, 0.5) is 0 Å². The minimum Gasteiger partial charge on any atom is -0.468 e. The molecule has 0 fully saturated rings. The van der Waals surface area contributed by atoms with Gasteiger partial charge in [0.2, 0.25) is 0 Å². The quantitative estimate of drug-likeness (QED) is 0.591. The van der Waals surface area contributed by atoms with E-state index in [2.05, 4.69) is 39.3 Å². The van der Waals surface area contributed by atoms with E-state index in [1.807, 2.05) is 27.7 Å². The molecule has 20 heavy (non-hydrogen) atoms. The van der Waals surface area contributed by atoms with Crippen LogP contribution in [-0.2, 0) is 14.3 Å². The highest BCUT2D eigenvalue weighted by Crippen LogP contribution is 1.89. The molecule has 6 heteroatoms. The molecule has 0 aromatic carbocycles. The van der Waals surface area contributed by atoms with Crippen LogP contribution in [0.2, 0.25) is 0 Å². The van der Waals surface area contributed by atoms with E-state index in [-0.39, 0.29) is 6.61 Å². The van der Waals surface area contributed by atoms with E-state index >= 15 is 0 Å². The first-order valence-electron chi connectivity index (χ1n) is 6.80. The predicted molar refractivity (Wildman–Crippen MR) is 91.6 cm³/mol. The van der Waals surface area contributed by atoms with Crippen molar-refractivity contribution in [2.75, 3.05) is 34.0 Å². The summed E-state index contributed by atoms with van der Waals surface area (Å²) >= 11 is 3.27. The van der Waals surface area contributed by atoms with Crippen LogP contribution in [0.5, 0.6) is 0 Å². The fourth-order valence-electron chi connectivity index (χ4n) is 0.159. The van der Waals surface area contributed by atoms with Crippen LogP contribution in [0.25, 0.3) is 0 Å². The lowest BCUT2D eigenvalue weighted by Gasteiger charge is -1.84. The van der Waals surface area contributed by atoms with Crippen molar-refractivity contribution in [1.82, 2.24) is 0 Å². The summed E-state index contributed by atoms with van der Waals surface area (Å²) in [6, 6.07) is 0. The molecule has 5 nitrogen and oxygen atoms in total. The molecule has 0 saturated heterocycles. The minimum atomic E-state index is 0.122. The summed E-state index contributed by atoms with van der Waals surface area (Å²) in [6.07, 6.45) is 0. The largest absolute Gasteiger partial charge is 0.468 e. The molecule has 0 aromatic rings. The van der Waals surface area contributed by atoms with Gasteiger partial charge in [-0.2, -0.15) is 0 Å². The van der Waals surface area contributed by atoms with Crippen molar-refractivity contribution < 1.29 is 24.5 Å². The molecule has 0 heterocycles. The van der Waals surface area contributed by atoms with Gasteiger partial charge in [-0.15, -0.1) is 0 Å². The molecule has 2 N–H and O–H groups in total. The molecule has 0 spiro atoms. The Morgan fingerprint density at radius 3 is 1.45 bits per heavy atom. The van der Waals surface area contributed by atoms with Crippen molar-refractivity contribution in [2.45, 2.75) is 53.3 Å². The average molecular weight is 365 g/mol. The molecule has 0 aliphatic carbocycles. The summed E-state index contributed by atoms with van der Waals surface area (Å²) in [5, 5.41) is 14.9. The highest BCUT2D eigenvalue weighted by atomic mass is 79.9.